The summed E-state index contributed by atoms with van der Waals surface area (Å²) in [7, 11) is 3.88. The lowest BCUT2D eigenvalue weighted by molar-refractivity contribution is 0.0849. The van der Waals surface area contributed by atoms with Gasteiger partial charge >= 0.3 is 0 Å². The normalized spacial score (nSPS) is 16.0. The molecule has 0 bridgehead atoms. The number of carbonyl (C=O) groups excluding carboxylic acids is 2. The number of aryl methyl sites for hydroxylation is 1. The molecule has 2 aromatic rings. The highest BCUT2D eigenvalue weighted by molar-refractivity contribution is 7.14. The Labute approximate surface area is 152 Å². The molecule has 1 aromatic heterocycles. The highest BCUT2D eigenvalue weighted by Gasteiger charge is 2.21. The number of benzene rings is 1. The van der Waals surface area contributed by atoms with Crippen LogP contribution in [0.15, 0.2) is 30.3 Å². The number of anilines is 1. The van der Waals surface area contributed by atoms with Crippen LogP contribution in [0.4, 0.5) is 5.69 Å². The van der Waals surface area contributed by atoms with Gasteiger partial charge in [-0.2, -0.15) is 0 Å². The van der Waals surface area contributed by atoms with Gasteiger partial charge in [0.25, 0.3) is 11.8 Å². The predicted molar refractivity (Wildman–Crippen MR) is 101 cm³/mol. The van der Waals surface area contributed by atoms with Crippen LogP contribution < -0.4 is 15.8 Å². The number of fused-ring (bicyclic) bond motifs is 1. The minimum absolute atomic E-state index is 0.259. The topological polar surface area (TPSA) is 61.4 Å². The molecule has 1 aliphatic rings. The molecule has 0 spiro atoms. The third-order valence-electron chi connectivity index (χ3n) is 4.49. The fraction of sp³-hybridized carbons (Fsp3) is 0.368. The molecule has 1 aliphatic carbocycles. The number of nitrogens with zero attached hydrogens (tertiary/aromatic N) is 1. The Kier molecular flexibility index (Phi) is 5.08. The summed E-state index contributed by atoms with van der Waals surface area (Å²) >= 11 is 1.53. The Morgan fingerprint density at radius 3 is 2.48 bits per heavy atom. The standard InChI is InChI=1S/C19H23N3O2S/c1-12-4-9-16-14(10-12)11-17(25-16)19(24)21-20-18(23)13-5-7-15(8-6-13)22(2)3/h5-8,11-12H,4,9-10H2,1-3H3,(H,20,23)(H,21,24). The van der Waals surface area contributed by atoms with Crippen LogP contribution in [0, 0.1) is 5.92 Å². The van der Waals surface area contributed by atoms with E-state index in [0.717, 1.165) is 18.5 Å². The summed E-state index contributed by atoms with van der Waals surface area (Å²) in [6.45, 7) is 2.24. The average molecular weight is 357 g/mol. The Morgan fingerprint density at radius 2 is 1.80 bits per heavy atom. The first kappa shape index (κ1) is 17.5. The monoisotopic (exact) mass is 357 g/mol. The fourth-order valence-electron chi connectivity index (χ4n) is 2.98. The summed E-state index contributed by atoms with van der Waals surface area (Å²) in [6.07, 6.45) is 3.25. The maximum atomic E-state index is 12.3. The minimum Gasteiger partial charge on any atom is -0.378 e. The molecule has 0 radical (unpaired) electrons. The molecule has 1 unspecified atom stereocenters. The summed E-state index contributed by atoms with van der Waals surface area (Å²) in [6, 6.07) is 9.17. The third-order valence-corrected chi connectivity index (χ3v) is 5.72. The number of hydrazine groups is 1. The summed E-state index contributed by atoms with van der Waals surface area (Å²) in [5, 5.41) is 0. The molecule has 1 aromatic carbocycles. The van der Waals surface area contributed by atoms with Crippen LogP contribution in [0.1, 0.15) is 43.8 Å². The van der Waals surface area contributed by atoms with E-state index in [4.69, 9.17) is 0 Å². The molecule has 0 aliphatic heterocycles. The number of thiophene rings is 1. The molecule has 1 atom stereocenters. The zero-order chi connectivity index (χ0) is 18.0. The van der Waals surface area contributed by atoms with Crippen molar-refractivity contribution < 1.29 is 9.59 Å². The highest BCUT2D eigenvalue weighted by Crippen LogP contribution is 2.32. The van der Waals surface area contributed by atoms with Gasteiger partial charge in [-0.1, -0.05) is 6.92 Å². The van der Waals surface area contributed by atoms with Crippen LogP contribution in [0.5, 0.6) is 0 Å². The number of amides is 2. The molecule has 3 rings (SSSR count). The Balaban J connectivity index is 1.59. The van der Waals surface area contributed by atoms with Crippen LogP contribution in [-0.2, 0) is 12.8 Å². The second kappa shape index (κ2) is 7.27. The van der Waals surface area contributed by atoms with Gasteiger partial charge in [-0.05, 0) is 61.1 Å². The smallest absolute Gasteiger partial charge is 0.279 e. The second-order valence-corrected chi connectivity index (χ2v) is 7.89. The highest BCUT2D eigenvalue weighted by atomic mass is 32.1. The maximum Gasteiger partial charge on any atom is 0.279 e. The third kappa shape index (κ3) is 4.02. The van der Waals surface area contributed by atoms with Crippen molar-refractivity contribution in [3.05, 3.63) is 51.2 Å². The van der Waals surface area contributed by atoms with Crippen LogP contribution >= 0.6 is 11.3 Å². The number of rotatable bonds is 3. The predicted octanol–water partition coefficient (Wildman–Crippen LogP) is 3.01. The van der Waals surface area contributed by atoms with Crippen LogP contribution in [-0.4, -0.2) is 25.9 Å². The van der Waals surface area contributed by atoms with Crippen molar-refractivity contribution in [2.24, 2.45) is 5.92 Å². The summed E-state index contributed by atoms with van der Waals surface area (Å²) in [4.78, 5) is 28.4. The lowest BCUT2D eigenvalue weighted by Crippen LogP contribution is -2.41. The van der Waals surface area contributed by atoms with E-state index in [1.165, 1.54) is 28.2 Å². The van der Waals surface area contributed by atoms with E-state index in [0.29, 0.717) is 16.4 Å². The van der Waals surface area contributed by atoms with Gasteiger partial charge in [0.1, 0.15) is 0 Å². The van der Waals surface area contributed by atoms with Gasteiger partial charge < -0.3 is 4.90 Å². The zero-order valence-corrected chi connectivity index (χ0v) is 15.6. The number of carbonyl (C=O) groups is 2. The molecule has 0 saturated carbocycles. The van der Waals surface area contributed by atoms with Gasteiger partial charge in [-0.25, -0.2) is 0 Å². The van der Waals surface area contributed by atoms with Gasteiger partial charge in [0.2, 0.25) is 0 Å². The molecule has 0 saturated heterocycles. The van der Waals surface area contributed by atoms with Gasteiger partial charge in [0.05, 0.1) is 4.88 Å². The largest absolute Gasteiger partial charge is 0.378 e. The van der Waals surface area contributed by atoms with Crippen molar-refractivity contribution in [3.8, 4) is 0 Å². The zero-order valence-electron chi connectivity index (χ0n) is 14.8. The van der Waals surface area contributed by atoms with Gasteiger partial charge in [-0.15, -0.1) is 11.3 Å². The van der Waals surface area contributed by atoms with E-state index in [1.807, 2.05) is 37.2 Å². The van der Waals surface area contributed by atoms with Crippen molar-refractivity contribution >= 4 is 28.8 Å². The maximum absolute atomic E-state index is 12.3. The van der Waals surface area contributed by atoms with E-state index in [1.54, 1.807) is 12.1 Å². The molecule has 25 heavy (non-hydrogen) atoms. The van der Waals surface area contributed by atoms with Crippen molar-refractivity contribution in [1.82, 2.24) is 10.9 Å². The molecule has 132 valence electrons. The lowest BCUT2D eigenvalue weighted by atomic mass is 9.90. The molecule has 1 heterocycles. The number of hydrogen-bond donors (Lipinski definition) is 2. The molecule has 2 amide bonds. The van der Waals surface area contributed by atoms with Crippen molar-refractivity contribution in [2.75, 3.05) is 19.0 Å². The number of nitrogens with one attached hydrogen (secondary N) is 2. The Bertz CT molecular complexity index is 780. The van der Waals surface area contributed by atoms with Gasteiger partial charge in [-0.3, -0.25) is 20.4 Å². The molecular formula is C19H23N3O2S. The summed E-state index contributed by atoms with van der Waals surface area (Å²) in [5.74, 6) is 0.0850. The Hall–Kier alpha value is -2.34. The van der Waals surface area contributed by atoms with Crippen molar-refractivity contribution in [2.45, 2.75) is 26.2 Å². The summed E-state index contributed by atoms with van der Waals surface area (Å²) < 4.78 is 0. The quantitative estimate of drug-likeness (QED) is 0.830. The number of hydrogen-bond acceptors (Lipinski definition) is 4. The molecular weight excluding hydrogens is 334 g/mol. The molecule has 6 heteroatoms. The van der Waals surface area contributed by atoms with Crippen LogP contribution in [0.3, 0.4) is 0 Å². The lowest BCUT2D eigenvalue weighted by Gasteiger charge is -2.16. The second-order valence-electron chi connectivity index (χ2n) is 6.76. The SMILES string of the molecule is CC1CCc2sc(C(=O)NNC(=O)c3ccc(N(C)C)cc3)cc2C1. The fourth-order valence-corrected chi connectivity index (χ4v) is 4.08. The first-order valence-electron chi connectivity index (χ1n) is 8.43. The first-order valence-corrected chi connectivity index (χ1v) is 9.25. The van der Waals surface area contributed by atoms with Crippen LogP contribution in [0.2, 0.25) is 0 Å². The molecule has 5 nitrogen and oxygen atoms in total. The Morgan fingerprint density at radius 1 is 1.12 bits per heavy atom. The van der Waals surface area contributed by atoms with Crippen molar-refractivity contribution in [1.29, 1.82) is 0 Å². The van der Waals surface area contributed by atoms with E-state index >= 15 is 0 Å². The van der Waals surface area contributed by atoms with E-state index in [9.17, 15) is 9.59 Å². The molecule has 2 N–H and O–H groups in total. The minimum atomic E-state index is -0.325. The van der Waals surface area contributed by atoms with E-state index in [-0.39, 0.29) is 11.8 Å². The first-order chi connectivity index (χ1) is 11.9. The van der Waals surface area contributed by atoms with Gasteiger partial charge in [0, 0.05) is 30.2 Å². The van der Waals surface area contributed by atoms with Crippen LogP contribution in [0.25, 0.3) is 0 Å². The van der Waals surface area contributed by atoms with Crippen molar-refractivity contribution in [3.63, 3.8) is 0 Å². The van der Waals surface area contributed by atoms with E-state index in [2.05, 4.69) is 17.8 Å². The molecule has 0 fully saturated rings. The van der Waals surface area contributed by atoms with Gasteiger partial charge in [0.15, 0.2) is 0 Å². The average Bonchev–Trinajstić information content (AvgIpc) is 3.02. The summed E-state index contributed by atoms with van der Waals surface area (Å²) in [5.41, 5.74) is 7.80. The van der Waals surface area contributed by atoms with E-state index < -0.39 is 0 Å².